The molecule has 0 unspecified atom stereocenters. The molecule has 6 heteroatoms. The Kier molecular flexibility index (Phi) is 5.28. The molecular formula is C19H23N3O3. The van der Waals surface area contributed by atoms with Crippen molar-refractivity contribution in [2.75, 3.05) is 26.2 Å². The van der Waals surface area contributed by atoms with E-state index in [-0.39, 0.29) is 17.7 Å². The monoisotopic (exact) mass is 341 g/mol. The molecule has 0 aliphatic carbocycles. The van der Waals surface area contributed by atoms with Crippen molar-refractivity contribution in [3.8, 4) is 0 Å². The average molecular weight is 341 g/mol. The van der Waals surface area contributed by atoms with Gasteiger partial charge in [0.2, 0.25) is 0 Å². The van der Waals surface area contributed by atoms with Crippen molar-refractivity contribution in [2.45, 2.75) is 26.2 Å². The molecule has 1 aromatic carbocycles. The van der Waals surface area contributed by atoms with E-state index in [1.54, 1.807) is 12.1 Å². The summed E-state index contributed by atoms with van der Waals surface area (Å²) < 4.78 is 0. The number of fused-ring (bicyclic) bond motifs is 1. The highest BCUT2D eigenvalue weighted by Gasteiger charge is 2.35. The maximum absolute atomic E-state index is 12.5. The fraction of sp³-hybridized carbons (Fsp3) is 0.421. The molecule has 0 saturated carbocycles. The van der Waals surface area contributed by atoms with Crippen LogP contribution in [-0.2, 0) is 0 Å². The van der Waals surface area contributed by atoms with Gasteiger partial charge in [-0.1, -0.05) is 25.0 Å². The molecule has 2 aliphatic heterocycles. The smallest absolute Gasteiger partial charge is 0.261 e. The van der Waals surface area contributed by atoms with Crippen LogP contribution in [0.4, 0.5) is 0 Å². The first-order chi connectivity index (χ1) is 12.1. The van der Waals surface area contributed by atoms with Gasteiger partial charge in [0.15, 0.2) is 0 Å². The Bertz CT molecular complexity index is 739. The van der Waals surface area contributed by atoms with E-state index in [2.05, 4.69) is 16.7 Å². The van der Waals surface area contributed by atoms with Gasteiger partial charge in [-0.3, -0.25) is 19.3 Å². The van der Waals surface area contributed by atoms with Gasteiger partial charge in [-0.15, -0.1) is 0 Å². The lowest BCUT2D eigenvalue weighted by Gasteiger charge is -2.14. The SMILES string of the molecule is CCCCN1C(=O)c2ccc(C(=O)NCC3=CCNCC3)cc2C1=O. The number of unbranched alkanes of at least 4 members (excludes halogenated alkanes) is 1. The zero-order valence-electron chi connectivity index (χ0n) is 14.4. The number of carbonyl (C=O) groups excluding carboxylic acids is 3. The van der Waals surface area contributed by atoms with E-state index >= 15 is 0 Å². The lowest BCUT2D eigenvalue weighted by atomic mass is 10.0. The Morgan fingerprint density at radius 3 is 2.76 bits per heavy atom. The number of carbonyl (C=O) groups is 3. The van der Waals surface area contributed by atoms with E-state index in [0.29, 0.717) is 29.8 Å². The van der Waals surface area contributed by atoms with Gasteiger partial charge in [0, 0.05) is 25.2 Å². The van der Waals surface area contributed by atoms with Gasteiger partial charge in [0.05, 0.1) is 11.1 Å². The summed E-state index contributed by atoms with van der Waals surface area (Å²) >= 11 is 0. The van der Waals surface area contributed by atoms with Crippen molar-refractivity contribution in [3.05, 3.63) is 46.5 Å². The predicted octanol–water partition coefficient (Wildman–Crippen LogP) is 1.73. The van der Waals surface area contributed by atoms with Crippen LogP contribution >= 0.6 is 0 Å². The average Bonchev–Trinajstić information content (AvgIpc) is 2.89. The minimum absolute atomic E-state index is 0.227. The third-order valence-electron chi connectivity index (χ3n) is 4.60. The molecule has 0 bridgehead atoms. The Labute approximate surface area is 147 Å². The molecule has 0 spiro atoms. The van der Waals surface area contributed by atoms with Crippen LogP contribution in [0.15, 0.2) is 29.8 Å². The Morgan fingerprint density at radius 2 is 2.04 bits per heavy atom. The van der Waals surface area contributed by atoms with E-state index < -0.39 is 0 Å². The normalized spacial score (nSPS) is 16.7. The molecule has 3 amide bonds. The largest absolute Gasteiger partial charge is 0.348 e. The lowest BCUT2D eigenvalue weighted by molar-refractivity contribution is 0.0652. The Morgan fingerprint density at radius 1 is 1.24 bits per heavy atom. The van der Waals surface area contributed by atoms with Gasteiger partial charge in [-0.2, -0.15) is 0 Å². The molecule has 0 radical (unpaired) electrons. The van der Waals surface area contributed by atoms with Crippen molar-refractivity contribution < 1.29 is 14.4 Å². The number of hydrogen-bond donors (Lipinski definition) is 2. The maximum Gasteiger partial charge on any atom is 0.261 e. The molecule has 6 nitrogen and oxygen atoms in total. The molecule has 2 heterocycles. The number of nitrogens with zero attached hydrogens (tertiary/aromatic N) is 1. The van der Waals surface area contributed by atoms with E-state index in [1.807, 2.05) is 6.92 Å². The minimum Gasteiger partial charge on any atom is -0.348 e. The summed E-state index contributed by atoms with van der Waals surface area (Å²) in [5.41, 5.74) is 2.32. The summed E-state index contributed by atoms with van der Waals surface area (Å²) in [4.78, 5) is 38.4. The van der Waals surface area contributed by atoms with Crippen LogP contribution in [0.2, 0.25) is 0 Å². The van der Waals surface area contributed by atoms with Crippen LogP contribution in [0, 0.1) is 0 Å². The highest BCUT2D eigenvalue weighted by molar-refractivity contribution is 6.22. The molecule has 3 rings (SSSR count). The molecule has 1 aromatic rings. The quantitative estimate of drug-likeness (QED) is 0.610. The number of amides is 3. The first kappa shape index (κ1) is 17.4. The topological polar surface area (TPSA) is 78.5 Å². The predicted molar refractivity (Wildman–Crippen MR) is 94.6 cm³/mol. The lowest BCUT2D eigenvalue weighted by Crippen LogP contribution is -2.30. The van der Waals surface area contributed by atoms with Crippen LogP contribution in [0.1, 0.15) is 57.3 Å². The standard InChI is InChI=1S/C19H23N3O3/c1-2-3-10-22-18(24)15-5-4-14(11-16(15)19(22)25)17(23)21-12-13-6-8-20-9-7-13/h4-6,11,20H,2-3,7-10,12H2,1H3,(H,21,23). The molecule has 2 N–H and O–H groups in total. The van der Waals surface area contributed by atoms with Crippen LogP contribution in [0.3, 0.4) is 0 Å². The third kappa shape index (κ3) is 3.64. The van der Waals surface area contributed by atoms with Crippen LogP contribution in [-0.4, -0.2) is 48.8 Å². The van der Waals surface area contributed by atoms with Crippen molar-refractivity contribution >= 4 is 17.7 Å². The second kappa shape index (κ2) is 7.61. The summed E-state index contributed by atoms with van der Waals surface area (Å²) in [5.74, 6) is -0.793. The molecule has 0 atom stereocenters. The number of nitrogens with one attached hydrogen (secondary N) is 2. The molecule has 0 saturated heterocycles. The summed E-state index contributed by atoms with van der Waals surface area (Å²) in [6, 6.07) is 4.73. The van der Waals surface area contributed by atoms with E-state index in [1.165, 1.54) is 16.5 Å². The maximum atomic E-state index is 12.5. The van der Waals surface area contributed by atoms with Crippen molar-refractivity contribution in [2.24, 2.45) is 0 Å². The molecule has 25 heavy (non-hydrogen) atoms. The highest BCUT2D eigenvalue weighted by atomic mass is 16.2. The minimum atomic E-state index is -0.302. The van der Waals surface area contributed by atoms with E-state index in [9.17, 15) is 14.4 Å². The summed E-state index contributed by atoms with van der Waals surface area (Å²) in [6.07, 6.45) is 4.69. The van der Waals surface area contributed by atoms with E-state index in [0.717, 1.165) is 32.4 Å². The van der Waals surface area contributed by atoms with Gasteiger partial charge < -0.3 is 10.6 Å². The zero-order chi connectivity index (χ0) is 17.8. The second-order valence-corrected chi connectivity index (χ2v) is 6.38. The summed E-state index contributed by atoms with van der Waals surface area (Å²) in [5, 5.41) is 6.11. The fourth-order valence-corrected chi connectivity index (χ4v) is 3.08. The molecule has 0 fully saturated rings. The number of rotatable bonds is 6. The Balaban J connectivity index is 1.70. The van der Waals surface area contributed by atoms with Gasteiger partial charge in [0.1, 0.15) is 0 Å². The van der Waals surface area contributed by atoms with Gasteiger partial charge >= 0.3 is 0 Å². The number of imide groups is 1. The number of benzene rings is 1. The second-order valence-electron chi connectivity index (χ2n) is 6.38. The molecular weight excluding hydrogens is 318 g/mol. The van der Waals surface area contributed by atoms with Crippen LogP contribution in [0.25, 0.3) is 0 Å². The van der Waals surface area contributed by atoms with Crippen molar-refractivity contribution in [1.82, 2.24) is 15.5 Å². The summed E-state index contributed by atoms with van der Waals surface area (Å²) in [7, 11) is 0. The van der Waals surface area contributed by atoms with E-state index in [4.69, 9.17) is 0 Å². The molecule has 0 aromatic heterocycles. The van der Waals surface area contributed by atoms with Crippen LogP contribution < -0.4 is 10.6 Å². The van der Waals surface area contributed by atoms with Gasteiger partial charge in [-0.25, -0.2) is 0 Å². The highest BCUT2D eigenvalue weighted by Crippen LogP contribution is 2.24. The first-order valence-corrected chi connectivity index (χ1v) is 8.79. The molecule has 2 aliphatic rings. The zero-order valence-corrected chi connectivity index (χ0v) is 14.4. The number of hydrogen-bond acceptors (Lipinski definition) is 4. The van der Waals surface area contributed by atoms with Gasteiger partial charge in [-0.05, 0) is 37.6 Å². The third-order valence-corrected chi connectivity index (χ3v) is 4.60. The van der Waals surface area contributed by atoms with Crippen LogP contribution in [0.5, 0.6) is 0 Å². The Hall–Kier alpha value is -2.47. The first-order valence-electron chi connectivity index (χ1n) is 8.79. The summed E-state index contributed by atoms with van der Waals surface area (Å²) in [6.45, 7) is 4.69. The van der Waals surface area contributed by atoms with Gasteiger partial charge in [0.25, 0.3) is 17.7 Å². The fourth-order valence-electron chi connectivity index (χ4n) is 3.08. The van der Waals surface area contributed by atoms with Crippen molar-refractivity contribution in [3.63, 3.8) is 0 Å². The van der Waals surface area contributed by atoms with Crippen molar-refractivity contribution in [1.29, 1.82) is 0 Å². The molecule has 132 valence electrons.